The van der Waals surface area contributed by atoms with E-state index in [4.69, 9.17) is 4.74 Å². The monoisotopic (exact) mass is 426 g/mol. The SMILES string of the molecule is C[C@@H](NCCC1CN(c2cccc(F)c2)c2ccccc2O1)c1cccc2ccccc12. The second kappa shape index (κ2) is 9.01. The molecule has 1 aliphatic rings. The molecule has 32 heavy (non-hydrogen) atoms. The van der Waals surface area contributed by atoms with Gasteiger partial charge in [0.1, 0.15) is 17.7 Å². The molecule has 1 aliphatic heterocycles. The lowest BCUT2D eigenvalue weighted by Crippen LogP contribution is -2.39. The molecule has 3 nitrogen and oxygen atoms in total. The van der Waals surface area contributed by atoms with Crippen LogP contribution in [-0.2, 0) is 0 Å². The molecular weight excluding hydrogens is 399 g/mol. The van der Waals surface area contributed by atoms with Gasteiger partial charge in [-0.25, -0.2) is 4.39 Å². The van der Waals surface area contributed by atoms with Crippen molar-refractivity contribution in [3.8, 4) is 5.75 Å². The minimum Gasteiger partial charge on any atom is -0.486 e. The first kappa shape index (κ1) is 20.5. The lowest BCUT2D eigenvalue weighted by atomic mass is 9.99. The van der Waals surface area contributed by atoms with Crippen molar-refractivity contribution in [1.29, 1.82) is 0 Å². The van der Waals surface area contributed by atoms with Crippen molar-refractivity contribution in [2.24, 2.45) is 0 Å². The summed E-state index contributed by atoms with van der Waals surface area (Å²) in [7, 11) is 0. The molecule has 1 N–H and O–H groups in total. The van der Waals surface area contributed by atoms with Gasteiger partial charge in [-0.3, -0.25) is 0 Å². The Balaban J connectivity index is 1.29. The Hall–Kier alpha value is -3.37. The number of para-hydroxylation sites is 2. The summed E-state index contributed by atoms with van der Waals surface area (Å²) in [6.45, 7) is 3.72. The third kappa shape index (κ3) is 4.19. The van der Waals surface area contributed by atoms with Gasteiger partial charge in [0.25, 0.3) is 0 Å². The van der Waals surface area contributed by atoms with E-state index in [1.807, 2.05) is 30.3 Å². The summed E-state index contributed by atoms with van der Waals surface area (Å²) >= 11 is 0. The van der Waals surface area contributed by atoms with E-state index in [0.29, 0.717) is 6.54 Å². The molecule has 0 aliphatic carbocycles. The quantitative estimate of drug-likeness (QED) is 0.375. The van der Waals surface area contributed by atoms with Crippen LogP contribution in [0.15, 0.2) is 91.0 Å². The van der Waals surface area contributed by atoms with Gasteiger partial charge in [-0.2, -0.15) is 0 Å². The van der Waals surface area contributed by atoms with E-state index < -0.39 is 0 Å². The van der Waals surface area contributed by atoms with E-state index in [1.54, 1.807) is 12.1 Å². The van der Waals surface area contributed by atoms with Crippen LogP contribution in [0.4, 0.5) is 15.8 Å². The lowest BCUT2D eigenvalue weighted by molar-refractivity contribution is 0.186. The van der Waals surface area contributed by atoms with Gasteiger partial charge in [-0.1, -0.05) is 60.7 Å². The number of nitrogens with zero attached hydrogens (tertiary/aromatic N) is 1. The molecule has 0 radical (unpaired) electrons. The fourth-order valence-electron chi connectivity index (χ4n) is 4.54. The second-order valence-corrected chi connectivity index (χ2v) is 8.33. The second-order valence-electron chi connectivity index (χ2n) is 8.33. The van der Waals surface area contributed by atoms with E-state index in [2.05, 4.69) is 59.6 Å². The number of fused-ring (bicyclic) bond motifs is 2. The number of rotatable bonds is 6. The van der Waals surface area contributed by atoms with Crippen molar-refractivity contribution in [2.75, 3.05) is 18.0 Å². The molecule has 0 amide bonds. The van der Waals surface area contributed by atoms with Crippen molar-refractivity contribution in [3.63, 3.8) is 0 Å². The van der Waals surface area contributed by atoms with Crippen molar-refractivity contribution in [3.05, 3.63) is 102 Å². The smallest absolute Gasteiger partial charge is 0.143 e. The fraction of sp³-hybridized carbons (Fsp3) is 0.214. The minimum atomic E-state index is -0.228. The third-order valence-electron chi connectivity index (χ3n) is 6.16. The molecule has 0 fully saturated rings. The van der Waals surface area contributed by atoms with E-state index in [1.165, 1.54) is 22.4 Å². The standard InChI is InChI=1S/C28H27FN2O/c1-20(25-13-6-9-21-8-2-3-12-26(21)25)30-17-16-24-19-31(23-11-7-10-22(29)18-23)27-14-4-5-15-28(27)32-24/h2-15,18,20,24,30H,16-17,19H2,1H3/t20-,24?/m1/s1. The highest BCUT2D eigenvalue weighted by Crippen LogP contribution is 2.38. The molecule has 1 unspecified atom stereocenters. The lowest BCUT2D eigenvalue weighted by Gasteiger charge is -2.36. The Kier molecular flexibility index (Phi) is 5.78. The molecule has 0 aromatic heterocycles. The largest absolute Gasteiger partial charge is 0.486 e. The number of nitrogens with one attached hydrogen (secondary N) is 1. The number of ether oxygens (including phenoxy) is 1. The van der Waals surface area contributed by atoms with E-state index in [0.717, 1.165) is 30.1 Å². The van der Waals surface area contributed by atoms with E-state index in [9.17, 15) is 4.39 Å². The Morgan fingerprint density at radius 2 is 1.75 bits per heavy atom. The first-order valence-electron chi connectivity index (χ1n) is 11.2. The number of anilines is 2. The molecule has 2 atom stereocenters. The highest BCUT2D eigenvalue weighted by molar-refractivity contribution is 5.86. The molecule has 1 heterocycles. The maximum absolute atomic E-state index is 13.9. The summed E-state index contributed by atoms with van der Waals surface area (Å²) in [6, 6.07) is 29.9. The van der Waals surface area contributed by atoms with Crippen molar-refractivity contribution < 1.29 is 9.13 Å². The predicted octanol–water partition coefficient (Wildman–Crippen LogP) is 6.62. The molecule has 0 bridgehead atoms. The Morgan fingerprint density at radius 3 is 2.66 bits per heavy atom. The molecule has 4 aromatic rings. The normalized spacial score (nSPS) is 16.4. The fourth-order valence-corrected chi connectivity index (χ4v) is 4.54. The van der Waals surface area contributed by atoms with Crippen LogP contribution < -0.4 is 15.0 Å². The molecule has 162 valence electrons. The Morgan fingerprint density at radius 1 is 0.969 bits per heavy atom. The predicted molar refractivity (Wildman–Crippen MR) is 129 cm³/mol. The van der Waals surface area contributed by atoms with Crippen LogP contribution >= 0.6 is 0 Å². The van der Waals surface area contributed by atoms with E-state index >= 15 is 0 Å². The van der Waals surface area contributed by atoms with Gasteiger partial charge in [0.2, 0.25) is 0 Å². The first-order valence-corrected chi connectivity index (χ1v) is 11.2. The number of hydrogen-bond acceptors (Lipinski definition) is 3. The molecule has 0 spiro atoms. The summed E-state index contributed by atoms with van der Waals surface area (Å²) < 4.78 is 20.2. The van der Waals surface area contributed by atoms with E-state index in [-0.39, 0.29) is 18.0 Å². The topological polar surface area (TPSA) is 24.5 Å². The van der Waals surface area contributed by atoms with Gasteiger partial charge < -0.3 is 15.0 Å². The van der Waals surface area contributed by atoms with Crippen molar-refractivity contribution in [1.82, 2.24) is 5.32 Å². The van der Waals surface area contributed by atoms with Crippen LogP contribution in [0.3, 0.4) is 0 Å². The Bertz CT molecular complexity index is 1220. The highest BCUT2D eigenvalue weighted by atomic mass is 19.1. The van der Waals surface area contributed by atoms with Gasteiger partial charge in [0.05, 0.1) is 12.2 Å². The molecular formula is C28H27FN2O. The summed E-state index contributed by atoms with van der Waals surface area (Å²) in [6.07, 6.45) is 0.871. The maximum Gasteiger partial charge on any atom is 0.143 e. The summed E-state index contributed by atoms with van der Waals surface area (Å²) in [5, 5.41) is 6.22. The summed E-state index contributed by atoms with van der Waals surface area (Å²) in [4.78, 5) is 2.15. The van der Waals surface area contributed by atoms with Crippen LogP contribution in [0.1, 0.15) is 24.9 Å². The van der Waals surface area contributed by atoms with Crippen molar-refractivity contribution >= 4 is 22.1 Å². The molecule has 4 heteroatoms. The number of benzene rings is 4. The van der Waals surface area contributed by atoms with Gasteiger partial charge in [-0.15, -0.1) is 0 Å². The molecule has 4 aromatic carbocycles. The van der Waals surface area contributed by atoms with Crippen LogP contribution in [0.5, 0.6) is 5.75 Å². The average molecular weight is 427 g/mol. The van der Waals surface area contributed by atoms with Crippen LogP contribution in [0, 0.1) is 5.82 Å². The average Bonchev–Trinajstić information content (AvgIpc) is 2.83. The molecule has 0 saturated carbocycles. The Labute approximate surface area is 188 Å². The van der Waals surface area contributed by atoms with Crippen molar-refractivity contribution in [2.45, 2.75) is 25.5 Å². The first-order chi connectivity index (χ1) is 15.7. The number of hydrogen-bond donors (Lipinski definition) is 1. The number of halogens is 1. The summed E-state index contributed by atoms with van der Waals surface area (Å²) in [5.41, 5.74) is 3.13. The summed E-state index contributed by atoms with van der Waals surface area (Å²) in [5.74, 6) is 0.615. The minimum absolute atomic E-state index is 0.0142. The zero-order chi connectivity index (χ0) is 21.9. The zero-order valence-corrected chi connectivity index (χ0v) is 18.2. The maximum atomic E-state index is 13.9. The molecule has 0 saturated heterocycles. The van der Waals surface area contributed by atoms with Gasteiger partial charge in [-0.05, 0) is 66.6 Å². The van der Waals surface area contributed by atoms with Crippen LogP contribution in [0.2, 0.25) is 0 Å². The highest BCUT2D eigenvalue weighted by Gasteiger charge is 2.26. The van der Waals surface area contributed by atoms with Gasteiger partial charge in [0.15, 0.2) is 0 Å². The van der Waals surface area contributed by atoms with Gasteiger partial charge >= 0.3 is 0 Å². The van der Waals surface area contributed by atoms with Gasteiger partial charge in [0, 0.05) is 11.7 Å². The third-order valence-corrected chi connectivity index (χ3v) is 6.16. The van der Waals surface area contributed by atoms with Crippen LogP contribution in [-0.4, -0.2) is 19.2 Å². The van der Waals surface area contributed by atoms with Crippen LogP contribution in [0.25, 0.3) is 10.8 Å². The molecule has 5 rings (SSSR count). The zero-order valence-electron chi connectivity index (χ0n) is 18.2.